The largest absolute Gasteiger partial charge is 0.399 e. The summed E-state index contributed by atoms with van der Waals surface area (Å²) in [5.74, 6) is 1.22. The zero-order valence-electron chi connectivity index (χ0n) is 12.7. The van der Waals surface area contributed by atoms with E-state index in [1.165, 1.54) is 37.0 Å². The Bertz CT molecular complexity index is 606. The van der Waals surface area contributed by atoms with Crippen LogP contribution >= 0.6 is 0 Å². The molecule has 1 aromatic carbocycles. The molecule has 0 saturated heterocycles. The van der Waals surface area contributed by atoms with Crippen LogP contribution < -0.4 is 5.73 Å². The molecule has 1 aliphatic carbocycles. The van der Waals surface area contributed by atoms with E-state index in [0.717, 1.165) is 30.6 Å². The summed E-state index contributed by atoms with van der Waals surface area (Å²) in [5.41, 5.74) is 9.44. The molecule has 108 valence electrons. The summed E-state index contributed by atoms with van der Waals surface area (Å²) in [5, 5.41) is 0. The van der Waals surface area contributed by atoms with Gasteiger partial charge in [0.1, 0.15) is 5.82 Å². The maximum atomic E-state index is 5.90. The molecule has 0 atom stereocenters. The number of aryl methyl sites for hydroxylation is 1. The Labute approximate surface area is 121 Å². The van der Waals surface area contributed by atoms with E-state index in [-0.39, 0.29) is 0 Å². The number of aromatic nitrogens is 2. The Morgan fingerprint density at radius 1 is 1.30 bits per heavy atom. The molecule has 0 unspecified atom stereocenters. The third kappa shape index (κ3) is 2.41. The van der Waals surface area contributed by atoms with Crippen molar-refractivity contribution in [1.82, 2.24) is 9.55 Å². The van der Waals surface area contributed by atoms with E-state index < -0.39 is 0 Å². The van der Waals surface area contributed by atoms with Gasteiger partial charge in [-0.1, -0.05) is 26.7 Å². The van der Waals surface area contributed by atoms with E-state index in [1.807, 2.05) is 12.1 Å². The Morgan fingerprint density at radius 3 is 2.75 bits per heavy atom. The summed E-state index contributed by atoms with van der Waals surface area (Å²) < 4.78 is 2.45. The summed E-state index contributed by atoms with van der Waals surface area (Å²) in [6, 6.07) is 6.13. The highest BCUT2D eigenvalue weighted by Gasteiger charge is 2.30. The fourth-order valence-corrected chi connectivity index (χ4v) is 3.56. The first-order valence-electron chi connectivity index (χ1n) is 7.86. The van der Waals surface area contributed by atoms with Crippen LogP contribution in [0.3, 0.4) is 0 Å². The highest BCUT2D eigenvalue weighted by molar-refractivity contribution is 5.79. The molecule has 3 rings (SSSR count). The molecule has 0 spiro atoms. The number of anilines is 1. The molecule has 3 heteroatoms. The van der Waals surface area contributed by atoms with Crippen LogP contribution in [0.1, 0.15) is 51.8 Å². The number of nitrogens with zero attached hydrogens (tertiary/aromatic N) is 2. The average Bonchev–Trinajstić information content (AvgIpc) is 2.96. The van der Waals surface area contributed by atoms with Crippen LogP contribution in [-0.2, 0) is 13.0 Å². The minimum Gasteiger partial charge on any atom is -0.399 e. The van der Waals surface area contributed by atoms with Crippen LogP contribution in [0.5, 0.6) is 0 Å². The Morgan fingerprint density at radius 2 is 2.05 bits per heavy atom. The molecule has 1 heterocycles. The van der Waals surface area contributed by atoms with E-state index >= 15 is 0 Å². The molecule has 1 fully saturated rings. The van der Waals surface area contributed by atoms with Gasteiger partial charge in [-0.2, -0.15) is 0 Å². The number of hydrogen-bond donors (Lipinski definition) is 1. The van der Waals surface area contributed by atoms with Crippen molar-refractivity contribution in [2.75, 3.05) is 5.73 Å². The number of benzene rings is 1. The second-order valence-corrected chi connectivity index (χ2v) is 6.63. The predicted molar refractivity (Wildman–Crippen MR) is 84.7 cm³/mol. The zero-order chi connectivity index (χ0) is 14.2. The highest BCUT2D eigenvalue weighted by atomic mass is 15.1. The molecule has 2 N–H and O–H groups in total. The number of rotatable bonds is 4. The fraction of sp³-hybridized carbons (Fsp3) is 0.588. The van der Waals surface area contributed by atoms with Gasteiger partial charge in [0.25, 0.3) is 0 Å². The van der Waals surface area contributed by atoms with Crippen molar-refractivity contribution in [3.63, 3.8) is 0 Å². The van der Waals surface area contributed by atoms with Gasteiger partial charge >= 0.3 is 0 Å². The summed E-state index contributed by atoms with van der Waals surface area (Å²) >= 11 is 0. The molecule has 1 aliphatic rings. The smallest absolute Gasteiger partial charge is 0.109 e. The maximum absolute atomic E-state index is 5.90. The molecular formula is C17H25N3. The van der Waals surface area contributed by atoms with E-state index in [4.69, 9.17) is 10.7 Å². The van der Waals surface area contributed by atoms with Crippen molar-refractivity contribution in [3.8, 4) is 0 Å². The lowest BCUT2D eigenvalue weighted by molar-refractivity contribution is 0.281. The van der Waals surface area contributed by atoms with Gasteiger partial charge in [-0.25, -0.2) is 4.98 Å². The second-order valence-electron chi connectivity index (χ2n) is 6.63. The second kappa shape index (κ2) is 5.12. The Kier molecular flexibility index (Phi) is 3.45. The summed E-state index contributed by atoms with van der Waals surface area (Å²) in [7, 11) is 0. The number of hydrogen-bond acceptors (Lipinski definition) is 2. The quantitative estimate of drug-likeness (QED) is 0.849. The van der Waals surface area contributed by atoms with Crippen molar-refractivity contribution in [3.05, 3.63) is 24.0 Å². The summed E-state index contributed by atoms with van der Waals surface area (Å²) in [6.45, 7) is 5.75. The SMILES string of the molecule is CCCc1nc2cc(N)ccc2n1CC1(C)CCCC1. The van der Waals surface area contributed by atoms with Crippen molar-refractivity contribution >= 4 is 16.7 Å². The Balaban J connectivity index is 2.04. The lowest BCUT2D eigenvalue weighted by atomic mass is 9.88. The first-order chi connectivity index (χ1) is 9.61. The van der Waals surface area contributed by atoms with Gasteiger partial charge in [-0.3, -0.25) is 0 Å². The predicted octanol–water partition coefficient (Wildman–Crippen LogP) is 4.15. The fourth-order valence-electron chi connectivity index (χ4n) is 3.56. The average molecular weight is 271 g/mol. The third-order valence-electron chi connectivity index (χ3n) is 4.68. The third-order valence-corrected chi connectivity index (χ3v) is 4.68. The van der Waals surface area contributed by atoms with E-state index in [1.54, 1.807) is 0 Å². The minimum absolute atomic E-state index is 0.442. The monoisotopic (exact) mass is 271 g/mol. The van der Waals surface area contributed by atoms with Gasteiger partial charge in [0.05, 0.1) is 11.0 Å². The van der Waals surface area contributed by atoms with Gasteiger partial charge in [-0.15, -0.1) is 0 Å². The minimum atomic E-state index is 0.442. The summed E-state index contributed by atoms with van der Waals surface area (Å²) in [4.78, 5) is 4.82. The van der Waals surface area contributed by atoms with E-state index in [9.17, 15) is 0 Å². The first kappa shape index (κ1) is 13.5. The van der Waals surface area contributed by atoms with Crippen LogP contribution in [-0.4, -0.2) is 9.55 Å². The van der Waals surface area contributed by atoms with Crippen LogP contribution in [0.25, 0.3) is 11.0 Å². The number of fused-ring (bicyclic) bond motifs is 1. The summed E-state index contributed by atoms with van der Waals surface area (Å²) in [6.07, 6.45) is 7.61. The van der Waals surface area contributed by atoms with Crippen LogP contribution in [0.4, 0.5) is 5.69 Å². The van der Waals surface area contributed by atoms with E-state index in [2.05, 4.69) is 24.5 Å². The lowest BCUT2D eigenvalue weighted by Gasteiger charge is -2.25. The molecule has 1 aromatic heterocycles. The standard InChI is InChI=1S/C17H25N3/c1-3-6-16-19-14-11-13(18)7-8-15(14)20(16)12-17(2)9-4-5-10-17/h7-8,11H,3-6,9-10,12,18H2,1-2H3. The molecule has 20 heavy (non-hydrogen) atoms. The lowest BCUT2D eigenvalue weighted by Crippen LogP contribution is -2.21. The van der Waals surface area contributed by atoms with Crippen LogP contribution in [0, 0.1) is 5.41 Å². The molecule has 0 bridgehead atoms. The molecular weight excluding hydrogens is 246 g/mol. The number of nitrogens with two attached hydrogens (primary N) is 1. The van der Waals surface area contributed by atoms with Gasteiger partial charge in [-0.05, 0) is 42.9 Å². The van der Waals surface area contributed by atoms with Gasteiger partial charge in [0.15, 0.2) is 0 Å². The maximum Gasteiger partial charge on any atom is 0.109 e. The topological polar surface area (TPSA) is 43.8 Å². The molecule has 0 aliphatic heterocycles. The molecule has 1 saturated carbocycles. The van der Waals surface area contributed by atoms with E-state index in [0.29, 0.717) is 5.41 Å². The van der Waals surface area contributed by atoms with Gasteiger partial charge in [0, 0.05) is 18.7 Å². The molecule has 0 radical (unpaired) electrons. The zero-order valence-corrected chi connectivity index (χ0v) is 12.7. The highest BCUT2D eigenvalue weighted by Crippen LogP contribution is 2.40. The molecule has 2 aromatic rings. The molecule has 3 nitrogen and oxygen atoms in total. The number of nitrogen functional groups attached to an aromatic ring is 1. The Hall–Kier alpha value is -1.51. The first-order valence-corrected chi connectivity index (χ1v) is 7.86. The van der Waals surface area contributed by atoms with Crippen LogP contribution in [0.2, 0.25) is 0 Å². The number of imidazole rings is 1. The molecule has 0 amide bonds. The van der Waals surface area contributed by atoms with Crippen molar-refractivity contribution in [2.45, 2.75) is 58.9 Å². The van der Waals surface area contributed by atoms with Gasteiger partial charge in [0.2, 0.25) is 0 Å². The van der Waals surface area contributed by atoms with Crippen molar-refractivity contribution in [2.24, 2.45) is 5.41 Å². The normalized spacial score (nSPS) is 17.9. The van der Waals surface area contributed by atoms with Crippen molar-refractivity contribution in [1.29, 1.82) is 0 Å². The van der Waals surface area contributed by atoms with Crippen LogP contribution in [0.15, 0.2) is 18.2 Å². The van der Waals surface area contributed by atoms with Crippen molar-refractivity contribution < 1.29 is 0 Å². The van der Waals surface area contributed by atoms with Gasteiger partial charge < -0.3 is 10.3 Å².